The highest BCUT2D eigenvalue weighted by molar-refractivity contribution is 8.27. The summed E-state index contributed by atoms with van der Waals surface area (Å²) in [5, 5.41) is 4.88. The van der Waals surface area contributed by atoms with Crippen LogP contribution in [-0.2, 0) is 21.9 Å². The Kier molecular flexibility index (Phi) is 9.01. The van der Waals surface area contributed by atoms with Gasteiger partial charge in [-0.05, 0) is 62.2 Å². The molecule has 13 heteroatoms. The maximum atomic E-state index is 14.1. The highest BCUT2D eigenvalue weighted by Gasteiger charge is 2.38. The lowest BCUT2D eigenvalue weighted by Crippen LogP contribution is -2.33. The number of nitrogens with zero attached hydrogens (tertiary/aromatic N) is 6. The predicted molar refractivity (Wildman–Crippen MR) is 198 cm³/mol. The molecule has 0 bridgehead atoms. The summed E-state index contributed by atoms with van der Waals surface area (Å²) >= 11 is 6.81. The fourth-order valence-electron chi connectivity index (χ4n) is 6.28. The van der Waals surface area contributed by atoms with Gasteiger partial charge in [0.15, 0.2) is 4.32 Å². The standard InChI is InChI=1S/C36H34N6O4S3/c1-25-33(35(44)42(38(25)2)29-17-9-6-10-18-29)41-34(43)31(48-36(41)47)23-27-24-40(28-15-7-5-8-16-28)37-32(27)26-14-13-19-30(22-26)49(45,46)39-20-11-3-4-12-21-39/h5-10,13-19,22-24H,3-4,11-12,20-21H2,1-2H3. The van der Waals surface area contributed by atoms with Crippen LogP contribution in [0.1, 0.15) is 36.9 Å². The number of benzene rings is 3. The van der Waals surface area contributed by atoms with Gasteiger partial charge in [-0.3, -0.25) is 19.2 Å². The number of rotatable bonds is 7. The maximum Gasteiger partial charge on any atom is 0.296 e. The molecule has 0 unspecified atom stereocenters. The smallest absolute Gasteiger partial charge is 0.283 e. The Hall–Kier alpha value is -4.56. The van der Waals surface area contributed by atoms with Gasteiger partial charge in [0.05, 0.1) is 26.9 Å². The SMILES string of the molecule is Cc1c(N2C(=O)C(=Cc3cn(-c4ccccc4)nc3-c3cccc(S(=O)(=O)N4CCCCCC4)c3)SC2=S)c(=O)n(-c2ccccc2)n1C. The lowest BCUT2D eigenvalue weighted by atomic mass is 10.1. The van der Waals surface area contributed by atoms with Gasteiger partial charge < -0.3 is 0 Å². The molecule has 5 aromatic rings. The second-order valence-corrected chi connectivity index (χ2v) is 15.6. The van der Waals surface area contributed by atoms with Crippen LogP contribution in [0.15, 0.2) is 106 Å². The minimum Gasteiger partial charge on any atom is -0.283 e. The topological polar surface area (TPSA) is 102 Å². The predicted octanol–water partition coefficient (Wildman–Crippen LogP) is 6.31. The van der Waals surface area contributed by atoms with Crippen molar-refractivity contribution in [2.75, 3.05) is 18.0 Å². The molecule has 0 N–H and O–H groups in total. The first-order chi connectivity index (χ1) is 23.6. The number of thiocarbonyl (C=S) groups is 1. The molecule has 49 heavy (non-hydrogen) atoms. The molecular weight excluding hydrogens is 677 g/mol. The normalized spacial score (nSPS) is 16.9. The van der Waals surface area contributed by atoms with Gasteiger partial charge in [0.1, 0.15) is 11.4 Å². The van der Waals surface area contributed by atoms with Gasteiger partial charge in [0, 0.05) is 37.5 Å². The quantitative estimate of drug-likeness (QED) is 0.144. The van der Waals surface area contributed by atoms with Crippen molar-refractivity contribution in [2.45, 2.75) is 37.5 Å². The van der Waals surface area contributed by atoms with E-state index in [-0.39, 0.29) is 20.5 Å². The van der Waals surface area contributed by atoms with E-state index in [0.29, 0.717) is 46.2 Å². The second kappa shape index (κ2) is 13.4. The summed E-state index contributed by atoms with van der Waals surface area (Å²) in [6, 6.07) is 25.6. The summed E-state index contributed by atoms with van der Waals surface area (Å²) in [7, 11) is -1.94. The fraction of sp³-hybridized carbons (Fsp3) is 0.222. The van der Waals surface area contributed by atoms with Crippen LogP contribution in [-0.4, -0.2) is 55.2 Å². The number of anilines is 1. The first kappa shape index (κ1) is 33.0. The molecule has 0 spiro atoms. The van der Waals surface area contributed by atoms with Crippen molar-refractivity contribution in [1.29, 1.82) is 0 Å². The molecule has 0 saturated carbocycles. The summed E-state index contributed by atoms with van der Waals surface area (Å²) in [6.45, 7) is 2.78. The van der Waals surface area contributed by atoms with Gasteiger partial charge in [-0.2, -0.15) is 9.40 Å². The zero-order valence-electron chi connectivity index (χ0n) is 27.0. The summed E-state index contributed by atoms with van der Waals surface area (Å²) in [4.78, 5) is 29.7. The van der Waals surface area contributed by atoms with Crippen LogP contribution in [0.3, 0.4) is 0 Å². The van der Waals surface area contributed by atoms with Crippen molar-refractivity contribution in [3.8, 4) is 22.6 Å². The summed E-state index contributed by atoms with van der Waals surface area (Å²) in [5.41, 5.74) is 3.59. The van der Waals surface area contributed by atoms with Crippen molar-refractivity contribution in [3.05, 3.63) is 118 Å². The largest absolute Gasteiger partial charge is 0.296 e. The van der Waals surface area contributed by atoms with E-state index in [4.69, 9.17) is 17.3 Å². The number of carbonyl (C=O) groups excluding carboxylic acids is 1. The van der Waals surface area contributed by atoms with E-state index >= 15 is 0 Å². The number of sulfonamides is 1. The van der Waals surface area contributed by atoms with Gasteiger partial charge in [-0.15, -0.1) is 0 Å². The molecule has 2 aliphatic heterocycles. The van der Waals surface area contributed by atoms with E-state index in [0.717, 1.165) is 43.1 Å². The van der Waals surface area contributed by atoms with Crippen LogP contribution < -0.4 is 10.5 Å². The third kappa shape index (κ3) is 6.12. The van der Waals surface area contributed by atoms with Crippen molar-refractivity contribution in [2.24, 2.45) is 7.05 Å². The van der Waals surface area contributed by atoms with E-state index in [9.17, 15) is 18.0 Å². The van der Waals surface area contributed by atoms with Crippen molar-refractivity contribution in [3.63, 3.8) is 0 Å². The van der Waals surface area contributed by atoms with Gasteiger partial charge in [0.2, 0.25) is 10.0 Å². The van der Waals surface area contributed by atoms with E-state index < -0.39 is 15.9 Å². The monoisotopic (exact) mass is 710 g/mol. The van der Waals surface area contributed by atoms with Crippen LogP contribution in [0.5, 0.6) is 0 Å². The fourth-order valence-corrected chi connectivity index (χ4v) is 9.10. The van der Waals surface area contributed by atoms with Crippen LogP contribution >= 0.6 is 24.0 Å². The van der Waals surface area contributed by atoms with E-state index in [1.807, 2.05) is 72.9 Å². The Morgan fingerprint density at radius 1 is 0.857 bits per heavy atom. The molecule has 0 aliphatic carbocycles. The van der Waals surface area contributed by atoms with Gasteiger partial charge in [-0.25, -0.2) is 17.8 Å². The van der Waals surface area contributed by atoms with Crippen LogP contribution in [0, 0.1) is 6.92 Å². The molecule has 2 aliphatic rings. The number of hydrogen-bond donors (Lipinski definition) is 0. The molecule has 2 fully saturated rings. The van der Waals surface area contributed by atoms with Crippen LogP contribution in [0.25, 0.3) is 28.7 Å². The van der Waals surface area contributed by atoms with Crippen molar-refractivity contribution >= 4 is 56.0 Å². The number of para-hydroxylation sites is 2. The highest BCUT2D eigenvalue weighted by atomic mass is 32.2. The highest BCUT2D eigenvalue weighted by Crippen LogP contribution is 2.38. The Morgan fingerprint density at radius 3 is 2.18 bits per heavy atom. The number of amides is 1. The summed E-state index contributed by atoms with van der Waals surface area (Å²) in [6.07, 6.45) is 7.24. The minimum atomic E-state index is -3.71. The Labute approximate surface area is 294 Å². The Bertz CT molecular complexity index is 2270. The first-order valence-electron chi connectivity index (χ1n) is 16.0. The molecule has 7 rings (SSSR count). The van der Waals surface area contributed by atoms with Gasteiger partial charge in [0.25, 0.3) is 11.5 Å². The zero-order valence-corrected chi connectivity index (χ0v) is 29.5. The van der Waals surface area contributed by atoms with Gasteiger partial charge >= 0.3 is 0 Å². The lowest BCUT2D eigenvalue weighted by Gasteiger charge is -2.20. The van der Waals surface area contributed by atoms with E-state index in [1.54, 1.807) is 51.9 Å². The summed E-state index contributed by atoms with van der Waals surface area (Å²) < 4.78 is 34.2. The molecule has 2 saturated heterocycles. The van der Waals surface area contributed by atoms with Gasteiger partial charge in [-0.1, -0.05) is 85.4 Å². The molecule has 0 radical (unpaired) electrons. The Morgan fingerprint density at radius 2 is 1.51 bits per heavy atom. The number of carbonyl (C=O) groups is 1. The van der Waals surface area contributed by atoms with E-state index in [1.165, 1.54) is 9.58 Å². The molecule has 2 aromatic heterocycles. The number of thioether (sulfide) groups is 1. The number of hydrogen-bond acceptors (Lipinski definition) is 7. The van der Waals surface area contributed by atoms with Crippen LogP contribution in [0.2, 0.25) is 0 Å². The van der Waals surface area contributed by atoms with Crippen LogP contribution in [0.4, 0.5) is 5.69 Å². The molecule has 1 amide bonds. The maximum absolute atomic E-state index is 14.1. The second-order valence-electron chi connectivity index (χ2n) is 12.0. The number of aromatic nitrogens is 4. The van der Waals surface area contributed by atoms with E-state index in [2.05, 4.69) is 0 Å². The molecule has 3 aromatic carbocycles. The molecule has 0 atom stereocenters. The molecule has 4 heterocycles. The Balaban J connectivity index is 1.30. The third-order valence-electron chi connectivity index (χ3n) is 8.90. The van der Waals surface area contributed by atoms with Crippen molar-refractivity contribution < 1.29 is 13.2 Å². The minimum absolute atomic E-state index is 0.198. The molecular formula is C36H34N6O4S3. The average molecular weight is 711 g/mol. The third-order valence-corrected chi connectivity index (χ3v) is 12.1. The average Bonchev–Trinajstić information content (AvgIpc) is 3.60. The zero-order chi connectivity index (χ0) is 34.3. The summed E-state index contributed by atoms with van der Waals surface area (Å²) in [5.74, 6) is -0.420. The molecule has 250 valence electrons. The molecule has 10 nitrogen and oxygen atoms in total. The van der Waals surface area contributed by atoms with Crippen molar-refractivity contribution in [1.82, 2.24) is 23.4 Å². The lowest BCUT2D eigenvalue weighted by molar-refractivity contribution is -0.113. The first-order valence-corrected chi connectivity index (χ1v) is 18.7.